The number of imide groups is 1. The van der Waals surface area contributed by atoms with Crippen molar-refractivity contribution in [1.29, 1.82) is 0 Å². The van der Waals surface area contributed by atoms with Crippen LogP contribution in [0.5, 0.6) is 0 Å². The molecule has 1 saturated carbocycles. The van der Waals surface area contributed by atoms with Crippen LogP contribution >= 0.6 is 11.3 Å². The second-order valence-corrected chi connectivity index (χ2v) is 7.61. The Balaban J connectivity index is 1.37. The molecule has 7 heteroatoms. The third kappa shape index (κ3) is 3.04. The Hall–Kier alpha value is -2.28. The molecule has 4 rings (SSSR count). The third-order valence-corrected chi connectivity index (χ3v) is 5.92. The van der Waals surface area contributed by atoms with E-state index in [4.69, 9.17) is 4.74 Å². The zero-order valence-corrected chi connectivity index (χ0v) is 14.5. The number of likely N-dealkylation sites (tertiary alicyclic amines) is 1. The van der Waals surface area contributed by atoms with E-state index in [-0.39, 0.29) is 36.8 Å². The number of fused-ring (bicyclic) bond motifs is 2. The fourth-order valence-corrected chi connectivity index (χ4v) is 4.57. The van der Waals surface area contributed by atoms with Crippen LogP contribution in [0.3, 0.4) is 0 Å². The molecule has 130 valence electrons. The van der Waals surface area contributed by atoms with Gasteiger partial charge < -0.3 is 4.74 Å². The molecule has 2 aromatic rings. The number of benzene rings is 1. The topological polar surface area (TPSA) is 76.6 Å². The zero-order valence-electron chi connectivity index (χ0n) is 13.6. The number of hydrogen-bond donors (Lipinski definition) is 0. The first-order chi connectivity index (χ1) is 12.1. The van der Waals surface area contributed by atoms with Crippen LogP contribution in [0.2, 0.25) is 0 Å². The number of nitrogens with zero attached hydrogens (tertiary/aromatic N) is 2. The molecule has 2 aliphatic rings. The Labute approximate surface area is 148 Å². The molecule has 2 heterocycles. The van der Waals surface area contributed by atoms with E-state index in [1.54, 1.807) is 0 Å². The molecule has 1 saturated heterocycles. The number of rotatable bonds is 4. The van der Waals surface area contributed by atoms with Crippen LogP contribution in [0, 0.1) is 11.8 Å². The maximum Gasteiger partial charge on any atom is 0.326 e. The number of para-hydroxylation sites is 1. The van der Waals surface area contributed by atoms with Gasteiger partial charge in [0.15, 0.2) is 0 Å². The van der Waals surface area contributed by atoms with Gasteiger partial charge in [-0.3, -0.25) is 19.3 Å². The zero-order chi connectivity index (χ0) is 17.4. The highest BCUT2D eigenvalue weighted by atomic mass is 32.1. The predicted octanol–water partition coefficient (Wildman–Crippen LogP) is 2.51. The average molecular weight is 358 g/mol. The summed E-state index contributed by atoms with van der Waals surface area (Å²) >= 11 is 1.46. The van der Waals surface area contributed by atoms with E-state index in [0.29, 0.717) is 5.01 Å². The normalized spacial score (nSPS) is 23.1. The van der Waals surface area contributed by atoms with Gasteiger partial charge in [-0.05, 0) is 25.0 Å². The maximum atomic E-state index is 12.4. The summed E-state index contributed by atoms with van der Waals surface area (Å²) in [5, 5.41) is 0.697. The molecule has 0 unspecified atom stereocenters. The van der Waals surface area contributed by atoms with E-state index in [2.05, 4.69) is 4.98 Å². The van der Waals surface area contributed by atoms with Gasteiger partial charge in [-0.25, -0.2) is 4.98 Å². The molecule has 0 bridgehead atoms. The Morgan fingerprint density at radius 2 is 1.84 bits per heavy atom. The molecule has 1 aromatic carbocycles. The molecule has 0 radical (unpaired) electrons. The van der Waals surface area contributed by atoms with Crippen LogP contribution in [0.15, 0.2) is 24.3 Å². The highest BCUT2D eigenvalue weighted by Gasteiger charge is 2.48. The minimum absolute atomic E-state index is 0.0568. The second-order valence-electron chi connectivity index (χ2n) is 6.50. The monoisotopic (exact) mass is 358 g/mol. The number of esters is 1. The molecule has 0 spiro atoms. The third-order valence-electron chi connectivity index (χ3n) is 4.91. The Morgan fingerprint density at radius 1 is 1.16 bits per heavy atom. The first-order valence-corrected chi connectivity index (χ1v) is 9.30. The lowest BCUT2D eigenvalue weighted by Crippen LogP contribution is -2.36. The van der Waals surface area contributed by atoms with Gasteiger partial charge in [0.05, 0.1) is 22.1 Å². The highest BCUT2D eigenvalue weighted by molar-refractivity contribution is 7.18. The average Bonchev–Trinajstić information content (AvgIpc) is 3.15. The van der Waals surface area contributed by atoms with Gasteiger partial charge in [-0.15, -0.1) is 11.3 Å². The van der Waals surface area contributed by atoms with Gasteiger partial charge >= 0.3 is 5.97 Å². The second kappa shape index (κ2) is 6.55. The van der Waals surface area contributed by atoms with E-state index in [1.807, 2.05) is 24.3 Å². The lowest BCUT2D eigenvalue weighted by atomic mass is 9.81. The van der Waals surface area contributed by atoms with Gasteiger partial charge in [0.1, 0.15) is 18.2 Å². The van der Waals surface area contributed by atoms with Crippen molar-refractivity contribution in [3.05, 3.63) is 29.3 Å². The molecular weight excluding hydrogens is 340 g/mol. The molecule has 1 aromatic heterocycles. The van der Waals surface area contributed by atoms with Gasteiger partial charge in [0.2, 0.25) is 11.8 Å². The summed E-state index contributed by atoms with van der Waals surface area (Å²) < 4.78 is 6.26. The number of amides is 2. The summed E-state index contributed by atoms with van der Waals surface area (Å²) in [4.78, 5) is 42.3. The summed E-state index contributed by atoms with van der Waals surface area (Å²) in [5.74, 6) is -1.48. The van der Waals surface area contributed by atoms with E-state index >= 15 is 0 Å². The van der Waals surface area contributed by atoms with Crippen molar-refractivity contribution in [1.82, 2.24) is 9.88 Å². The van der Waals surface area contributed by atoms with Crippen molar-refractivity contribution in [2.45, 2.75) is 32.3 Å². The Bertz CT molecular complexity index is 789. The van der Waals surface area contributed by atoms with Crippen molar-refractivity contribution < 1.29 is 19.1 Å². The van der Waals surface area contributed by atoms with E-state index in [1.165, 1.54) is 11.3 Å². The van der Waals surface area contributed by atoms with Gasteiger partial charge in [-0.2, -0.15) is 0 Å². The number of ether oxygens (including phenoxy) is 1. The minimum atomic E-state index is -0.570. The summed E-state index contributed by atoms with van der Waals surface area (Å²) in [6.07, 6.45) is 3.42. The maximum absolute atomic E-state index is 12.4. The highest BCUT2D eigenvalue weighted by Crippen LogP contribution is 2.37. The molecule has 2 atom stereocenters. The van der Waals surface area contributed by atoms with Crippen LogP contribution < -0.4 is 0 Å². The van der Waals surface area contributed by atoms with Crippen molar-refractivity contribution in [3.8, 4) is 0 Å². The van der Waals surface area contributed by atoms with Gasteiger partial charge in [-0.1, -0.05) is 25.0 Å². The quantitative estimate of drug-likeness (QED) is 0.620. The fraction of sp³-hybridized carbons (Fsp3) is 0.444. The molecule has 1 aliphatic carbocycles. The van der Waals surface area contributed by atoms with Crippen LogP contribution in [0.1, 0.15) is 30.7 Å². The van der Waals surface area contributed by atoms with Gasteiger partial charge in [0.25, 0.3) is 0 Å². The number of hydrogen-bond acceptors (Lipinski definition) is 6. The van der Waals surface area contributed by atoms with Gasteiger partial charge in [0, 0.05) is 0 Å². The summed E-state index contributed by atoms with van der Waals surface area (Å²) in [6, 6.07) is 7.70. The van der Waals surface area contributed by atoms with E-state index in [0.717, 1.165) is 40.8 Å². The Kier molecular flexibility index (Phi) is 4.25. The molecular formula is C18H18N2O4S. The SMILES string of the molecule is O=C(CN1C(=O)[C@@H]2CCCC[C@H]2C1=O)OCc1nc2ccccc2s1. The molecule has 6 nitrogen and oxygen atoms in total. The lowest BCUT2D eigenvalue weighted by Gasteiger charge is -2.19. The fourth-order valence-electron chi connectivity index (χ4n) is 3.69. The first kappa shape index (κ1) is 16.2. The van der Waals surface area contributed by atoms with Crippen LogP contribution in [0.4, 0.5) is 0 Å². The predicted molar refractivity (Wildman–Crippen MR) is 91.6 cm³/mol. The summed E-state index contributed by atoms with van der Waals surface area (Å²) in [5.41, 5.74) is 0.868. The summed E-state index contributed by atoms with van der Waals surface area (Å²) in [7, 11) is 0. The molecule has 2 fully saturated rings. The Morgan fingerprint density at radius 3 is 2.52 bits per heavy atom. The number of carbonyl (C=O) groups is 3. The van der Waals surface area contributed by atoms with Crippen molar-refractivity contribution in [3.63, 3.8) is 0 Å². The number of aromatic nitrogens is 1. The van der Waals surface area contributed by atoms with Crippen molar-refractivity contribution in [2.24, 2.45) is 11.8 Å². The van der Waals surface area contributed by atoms with Crippen LogP contribution in [0.25, 0.3) is 10.2 Å². The van der Waals surface area contributed by atoms with Crippen molar-refractivity contribution in [2.75, 3.05) is 6.54 Å². The molecule has 0 N–H and O–H groups in total. The molecule has 2 amide bonds. The van der Waals surface area contributed by atoms with Crippen molar-refractivity contribution >= 4 is 39.3 Å². The largest absolute Gasteiger partial charge is 0.457 e. The minimum Gasteiger partial charge on any atom is -0.457 e. The number of carbonyl (C=O) groups excluding carboxylic acids is 3. The van der Waals surface area contributed by atoms with E-state index in [9.17, 15) is 14.4 Å². The smallest absolute Gasteiger partial charge is 0.326 e. The van der Waals surface area contributed by atoms with Crippen LogP contribution in [-0.2, 0) is 25.7 Å². The lowest BCUT2D eigenvalue weighted by molar-refractivity contribution is -0.153. The number of thiazole rings is 1. The summed E-state index contributed by atoms with van der Waals surface area (Å²) in [6.45, 7) is -0.239. The molecule has 1 aliphatic heterocycles. The van der Waals surface area contributed by atoms with E-state index < -0.39 is 5.97 Å². The molecule has 25 heavy (non-hydrogen) atoms. The first-order valence-electron chi connectivity index (χ1n) is 8.49. The van der Waals surface area contributed by atoms with Crippen LogP contribution in [-0.4, -0.2) is 34.2 Å². The standard InChI is InChI=1S/C18H18N2O4S/c21-16(24-10-15-19-13-7-3-4-8-14(13)25-15)9-20-17(22)11-5-1-2-6-12(11)18(20)23/h3-4,7-8,11-12H,1-2,5-6,9-10H2/t11-,12-/m1/s1.